The molecule has 0 radical (unpaired) electrons. The molecule has 184 valence electrons. The summed E-state index contributed by atoms with van der Waals surface area (Å²) in [6.45, 7) is 8.23. The molecule has 1 amide bonds. The Labute approximate surface area is 204 Å². The third kappa shape index (κ3) is 8.58. The summed E-state index contributed by atoms with van der Waals surface area (Å²) in [5.74, 6) is 1.69. The van der Waals surface area contributed by atoms with E-state index in [1.165, 1.54) is 0 Å². The lowest BCUT2D eigenvalue weighted by molar-refractivity contribution is 0.0525. The Morgan fingerprint density at radius 1 is 1.06 bits per heavy atom. The third-order valence-electron chi connectivity index (χ3n) is 4.53. The monoisotopic (exact) mass is 478 g/mol. The second-order valence-corrected chi connectivity index (χ2v) is 8.78. The SMILES string of the molecule is Cc1cnc(Nc2cccc(OCCCNC(=O)OC(C)(C)C)c2)nc1Nc1cccc(N=O)c1. The normalized spacial score (nSPS) is 10.9. The largest absolute Gasteiger partial charge is 0.493 e. The molecular formula is C25H30N6O4. The van der Waals surface area contributed by atoms with Gasteiger partial charge in [-0.3, -0.25) is 0 Å². The van der Waals surface area contributed by atoms with Crippen molar-refractivity contribution in [1.29, 1.82) is 0 Å². The van der Waals surface area contributed by atoms with E-state index in [2.05, 4.69) is 31.1 Å². The Bertz CT molecular complexity index is 1160. The van der Waals surface area contributed by atoms with Crippen molar-refractivity contribution >= 4 is 34.9 Å². The van der Waals surface area contributed by atoms with Crippen LogP contribution in [0.5, 0.6) is 5.75 Å². The predicted molar refractivity (Wildman–Crippen MR) is 136 cm³/mol. The van der Waals surface area contributed by atoms with Gasteiger partial charge in [0.1, 0.15) is 22.9 Å². The minimum atomic E-state index is -0.523. The van der Waals surface area contributed by atoms with E-state index < -0.39 is 11.7 Å². The average Bonchev–Trinajstić information content (AvgIpc) is 2.80. The van der Waals surface area contributed by atoms with Crippen molar-refractivity contribution in [2.75, 3.05) is 23.8 Å². The van der Waals surface area contributed by atoms with Gasteiger partial charge in [0.25, 0.3) is 0 Å². The molecule has 2 aromatic carbocycles. The van der Waals surface area contributed by atoms with Crippen LogP contribution in [0.2, 0.25) is 0 Å². The van der Waals surface area contributed by atoms with Gasteiger partial charge in [0.15, 0.2) is 0 Å². The van der Waals surface area contributed by atoms with Crippen LogP contribution in [-0.2, 0) is 4.74 Å². The Morgan fingerprint density at radius 3 is 2.54 bits per heavy atom. The van der Waals surface area contributed by atoms with Gasteiger partial charge < -0.3 is 25.4 Å². The number of carbonyl (C=O) groups is 1. The summed E-state index contributed by atoms with van der Waals surface area (Å²) in [5, 5.41) is 12.0. The maximum atomic E-state index is 11.7. The highest BCUT2D eigenvalue weighted by atomic mass is 16.6. The molecule has 3 aromatic rings. The molecule has 0 aliphatic heterocycles. The van der Waals surface area contributed by atoms with Crippen molar-refractivity contribution < 1.29 is 14.3 Å². The third-order valence-corrected chi connectivity index (χ3v) is 4.53. The summed E-state index contributed by atoms with van der Waals surface area (Å²) in [6.07, 6.45) is 1.90. The van der Waals surface area contributed by atoms with E-state index >= 15 is 0 Å². The number of rotatable bonds is 10. The van der Waals surface area contributed by atoms with Crippen LogP contribution < -0.4 is 20.7 Å². The fraction of sp³-hybridized carbons (Fsp3) is 0.320. The predicted octanol–water partition coefficient (Wildman–Crippen LogP) is 5.96. The van der Waals surface area contributed by atoms with E-state index in [1.807, 2.05) is 58.0 Å². The number of nitroso groups, excluding NO2 is 1. The molecule has 0 fully saturated rings. The summed E-state index contributed by atoms with van der Waals surface area (Å²) in [7, 11) is 0. The smallest absolute Gasteiger partial charge is 0.407 e. The number of ether oxygens (including phenoxy) is 2. The molecule has 0 spiro atoms. The molecular weight excluding hydrogens is 448 g/mol. The van der Waals surface area contributed by atoms with Crippen molar-refractivity contribution in [2.45, 2.75) is 39.7 Å². The van der Waals surface area contributed by atoms with Gasteiger partial charge >= 0.3 is 6.09 Å². The Kier molecular flexibility index (Phi) is 8.55. The molecule has 0 unspecified atom stereocenters. The van der Waals surface area contributed by atoms with Gasteiger partial charge in [0.2, 0.25) is 5.95 Å². The van der Waals surface area contributed by atoms with Crippen molar-refractivity contribution in [3.8, 4) is 5.75 Å². The number of hydrogen-bond donors (Lipinski definition) is 3. The lowest BCUT2D eigenvalue weighted by Gasteiger charge is -2.19. The minimum Gasteiger partial charge on any atom is -0.493 e. The summed E-state index contributed by atoms with van der Waals surface area (Å²) in [4.78, 5) is 31.3. The Morgan fingerprint density at radius 2 is 1.80 bits per heavy atom. The first-order valence-electron chi connectivity index (χ1n) is 11.2. The maximum Gasteiger partial charge on any atom is 0.407 e. The van der Waals surface area contributed by atoms with Gasteiger partial charge in [0, 0.05) is 35.7 Å². The first-order chi connectivity index (χ1) is 16.7. The van der Waals surface area contributed by atoms with E-state index in [1.54, 1.807) is 24.4 Å². The number of amides is 1. The highest BCUT2D eigenvalue weighted by Gasteiger charge is 2.15. The van der Waals surface area contributed by atoms with Crippen LogP contribution in [0.3, 0.4) is 0 Å². The minimum absolute atomic E-state index is 0.331. The lowest BCUT2D eigenvalue weighted by Crippen LogP contribution is -2.33. The Hall–Kier alpha value is -4.21. The van der Waals surface area contributed by atoms with Gasteiger partial charge in [-0.1, -0.05) is 12.1 Å². The molecule has 0 aliphatic carbocycles. The fourth-order valence-corrected chi connectivity index (χ4v) is 2.97. The van der Waals surface area contributed by atoms with Gasteiger partial charge in [-0.25, -0.2) is 9.78 Å². The van der Waals surface area contributed by atoms with Crippen LogP contribution in [0.4, 0.5) is 33.6 Å². The number of benzene rings is 2. The molecule has 35 heavy (non-hydrogen) atoms. The van der Waals surface area contributed by atoms with E-state index in [-0.39, 0.29) is 0 Å². The number of aryl methyl sites for hydroxylation is 1. The zero-order valence-corrected chi connectivity index (χ0v) is 20.3. The van der Waals surface area contributed by atoms with Gasteiger partial charge in [-0.05, 0) is 69.6 Å². The number of anilines is 4. The van der Waals surface area contributed by atoms with E-state index in [9.17, 15) is 9.70 Å². The number of alkyl carbamates (subject to hydrolysis) is 1. The summed E-state index contributed by atoms with van der Waals surface area (Å²) >= 11 is 0. The number of aromatic nitrogens is 2. The van der Waals surface area contributed by atoms with E-state index in [0.29, 0.717) is 48.5 Å². The molecule has 0 atom stereocenters. The molecule has 0 aliphatic rings. The first-order valence-corrected chi connectivity index (χ1v) is 11.2. The molecule has 10 nitrogen and oxygen atoms in total. The molecule has 3 N–H and O–H groups in total. The van der Waals surface area contributed by atoms with Crippen LogP contribution in [0.15, 0.2) is 59.9 Å². The standard InChI is InChI=1S/C25H30N6O4/c1-17-16-27-23(30-22(17)28-18-8-5-10-20(14-18)31-33)29-19-9-6-11-21(15-19)34-13-7-12-26-24(32)35-25(2,3)4/h5-6,8-11,14-16H,7,12-13H2,1-4H3,(H,26,32)(H2,27,28,29,30). The Balaban J connectivity index is 1.54. The molecule has 10 heteroatoms. The first kappa shape index (κ1) is 25.4. The molecule has 0 saturated carbocycles. The lowest BCUT2D eigenvalue weighted by atomic mass is 10.2. The second-order valence-electron chi connectivity index (χ2n) is 8.78. The summed E-state index contributed by atoms with van der Waals surface area (Å²) < 4.78 is 11.0. The maximum absolute atomic E-state index is 11.7. The average molecular weight is 479 g/mol. The molecule has 1 heterocycles. The van der Waals surface area contributed by atoms with Crippen LogP contribution in [0, 0.1) is 11.8 Å². The van der Waals surface area contributed by atoms with Crippen LogP contribution in [0.1, 0.15) is 32.8 Å². The molecule has 3 rings (SSSR count). The number of nitrogens with zero attached hydrogens (tertiary/aromatic N) is 3. The quantitative estimate of drug-likeness (QED) is 0.240. The highest BCUT2D eigenvalue weighted by Crippen LogP contribution is 2.25. The molecule has 0 bridgehead atoms. The summed E-state index contributed by atoms with van der Waals surface area (Å²) in [6, 6.07) is 14.3. The number of nitrogens with one attached hydrogen (secondary N) is 3. The van der Waals surface area contributed by atoms with E-state index in [4.69, 9.17) is 9.47 Å². The number of hydrogen-bond acceptors (Lipinski definition) is 9. The van der Waals surface area contributed by atoms with Gasteiger partial charge in [0.05, 0.1) is 6.61 Å². The van der Waals surface area contributed by atoms with Crippen LogP contribution in [0.25, 0.3) is 0 Å². The molecule has 1 aromatic heterocycles. The van der Waals surface area contributed by atoms with Crippen molar-refractivity contribution in [3.63, 3.8) is 0 Å². The van der Waals surface area contributed by atoms with Gasteiger partial charge in [-0.2, -0.15) is 4.98 Å². The van der Waals surface area contributed by atoms with Crippen molar-refractivity contribution in [1.82, 2.24) is 15.3 Å². The second kappa shape index (κ2) is 11.8. The van der Waals surface area contributed by atoms with Crippen molar-refractivity contribution in [3.05, 3.63) is 65.2 Å². The van der Waals surface area contributed by atoms with E-state index in [0.717, 1.165) is 11.3 Å². The topological polar surface area (TPSA) is 127 Å². The van der Waals surface area contributed by atoms with Crippen LogP contribution in [-0.4, -0.2) is 34.8 Å². The zero-order valence-electron chi connectivity index (χ0n) is 20.3. The van der Waals surface area contributed by atoms with Crippen LogP contribution >= 0.6 is 0 Å². The highest BCUT2D eigenvalue weighted by molar-refractivity contribution is 5.67. The van der Waals surface area contributed by atoms with Gasteiger partial charge in [-0.15, -0.1) is 4.91 Å². The number of carbonyl (C=O) groups excluding carboxylic acids is 1. The summed E-state index contributed by atoms with van der Waals surface area (Å²) in [5.41, 5.74) is 2.11. The fourth-order valence-electron chi connectivity index (χ4n) is 2.97. The molecule has 0 saturated heterocycles. The van der Waals surface area contributed by atoms with Crippen molar-refractivity contribution in [2.24, 2.45) is 5.18 Å². The zero-order chi connectivity index (χ0) is 25.3.